The Hall–Kier alpha value is -1.64. The van der Waals surface area contributed by atoms with Gasteiger partial charge in [-0.15, -0.1) is 24.0 Å². The minimum Gasteiger partial charge on any atom is -0.373 e. The van der Waals surface area contributed by atoms with Gasteiger partial charge in [-0.25, -0.2) is 0 Å². The SMILES string of the molecule is CCNC(=NCC(c1ccccc1)N1CCCC1)NCC1CCOC1c1ccccc1.I. The lowest BCUT2D eigenvalue weighted by molar-refractivity contribution is 0.0915. The van der Waals surface area contributed by atoms with Gasteiger partial charge >= 0.3 is 0 Å². The van der Waals surface area contributed by atoms with Crippen LogP contribution in [-0.2, 0) is 4.74 Å². The van der Waals surface area contributed by atoms with E-state index in [2.05, 4.69) is 83.1 Å². The third-order valence-corrected chi connectivity index (χ3v) is 6.41. The predicted molar refractivity (Wildman–Crippen MR) is 143 cm³/mol. The lowest BCUT2D eigenvalue weighted by atomic mass is 9.95. The summed E-state index contributed by atoms with van der Waals surface area (Å²) in [6, 6.07) is 21.8. The molecule has 0 amide bonds. The molecule has 0 aromatic heterocycles. The number of hydrogen-bond donors (Lipinski definition) is 2. The minimum absolute atomic E-state index is 0. The number of halogens is 1. The zero-order valence-electron chi connectivity index (χ0n) is 19.1. The topological polar surface area (TPSA) is 48.9 Å². The number of benzene rings is 2. The van der Waals surface area contributed by atoms with E-state index in [4.69, 9.17) is 9.73 Å². The molecule has 5 nitrogen and oxygen atoms in total. The van der Waals surface area contributed by atoms with Gasteiger partial charge in [-0.1, -0.05) is 60.7 Å². The molecule has 3 atom stereocenters. The molecule has 2 saturated heterocycles. The van der Waals surface area contributed by atoms with E-state index in [1.165, 1.54) is 24.0 Å². The summed E-state index contributed by atoms with van der Waals surface area (Å²) in [7, 11) is 0. The van der Waals surface area contributed by atoms with E-state index in [0.29, 0.717) is 12.0 Å². The number of rotatable bonds is 8. The summed E-state index contributed by atoms with van der Waals surface area (Å²) in [5.41, 5.74) is 2.63. The largest absolute Gasteiger partial charge is 0.373 e. The number of nitrogens with zero attached hydrogens (tertiary/aromatic N) is 2. The van der Waals surface area contributed by atoms with Crippen LogP contribution in [0, 0.1) is 5.92 Å². The number of likely N-dealkylation sites (tertiary alicyclic amines) is 1. The molecular formula is C26H37IN4O. The van der Waals surface area contributed by atoms with Crippen LogP contribution in [0.25, 0.3) is 0 Å². The molecule has 2 aliphatic rings. The summed E-state index contributed by atoms with van der Waals surface area (Å²) in [5.74, 6) is 1.36. The van der Waals surface area contributed by atoms with Gasteiger partial charge in [0.2, 0.25) is 0 Å². The van der Waals surface area contributed by atoms with Crippen LogP contribution >= 0.6 is 24.0 Å². The summed E-state index contributed by atoms with van der Waals surface area (Å²) >= 11 is 0. The van der Waals surface area contributed by atoms with Gasteiger partial charge in [-0.2, -0.15) is 0 Å². The zero-order chi connectivity index (χ0) is 21.3. The predicted octanol–water partition coefficient (Wildman–Crippen LogP) is 4.77. The average molecular weight is 549 g/mol. The van der Waals surface area contributed by atoms with Crippen LogP contribution in [-0.4, -0.2) is 50.2 Å². The fourth-order valence-electron chi connectivity index (χ4n) is 4.76. The minimum atomic E-state index is 0. The summed E-state index contributed by atoms with van der Waals surface area (Å²) < 4.78 is 6.06. The highest BCUT2D eigenvalue weighted by Crippen LogP contribution is 2.33. The number of guanidine groups is 1. The maximum Gasteiger partial charge on any atom is 0.191 e. The van der Waals surface area contributed by atoms with Crippen LogP contribution in [0.3, 0.4) is 0 Å². The molecule has 2 aromatic carbocycles. The van der Waals surface area contributed by atoms with E-state index in [-0.39, 0.29) is 30.1 Å². The van der Waals surface area contributed by atoms with Gasteiger partial charge in [0.1, 0.15) is 0 Å². The molecule has 4 rings (SSSR count). The van der Waals surface area contributed by atoms with Gasteiger partial charge in [0.05, 0.1) is 18.7 Å². The first kappa shape index (κ1) is 25.0. The Kier molecular flexibility index (Phi) is 10.3. The van der Waals surface area contributed by atoms with Crippen molar-refractivity contribution in [3.8, 4) is 0 Å². The molecule has 2 aromatic rings. The van der Waals surface area contributed by atoms with Crippen molar-refractivity contribution >= 4 is 29.9 Å². The highest BCUT2D eigenvalue weighted by atomic mass is 127. The first-order valence-corrected chi connectivity index (χ1v) is 11.8. The quantitative estimate of drug-likeness (QED) is 0.284. The molecule has 6 heteroatoms. The van der Waals surface area contributed by atoms with Crippen LogP contribution in [0.4, 0.5) is 0 Å². The lowest BCUT2D eigenvalue weighted by Crippen LogP contribution is -2.41. The van der Waals surface area contributed by atoms with Gasteiger partial charge in [-0.3, -0.25) is 9.89 Å². The van der Waals surface area contributed by atoms with E-state index in [9.17, 15) is 0 Å². The Morgan fingerprint density at radius 3 is 2.41 bits per heavy atom. The van der Waals surface area contributed by atoms with Gasteiger partial charge in [-0.05, 0) is 50.4 Å². The van der Waals surface area contributed by atoms with E-state index < -0.39 is 0 Å². The van der Waals surface area contributed by atoms with Crippen LogP contribution in [0.15, 0.2) is 65.7 Å². The van der Waals surface area contributed by atoms with Crippen molar-refractivity contribution in [2.24, 2.45) is 10.9 Å². The maximum atomic E-state index is 6.06. The number of ether oxygens (including phenoxy) is 1. The van der Waals surface area contributed by atoms with Crippen molar-refractivity contribution in [1.29, 1.82) is 0 Å². The van der Waals surface area contributed by atoms with Crippen molar-refractivity contribution in [2.75, 3.05) is 39.3 Å². The highest BCUT2D eigenvalue weighted by Gasteiger charge is 2.29. The molecule has 2 aliphatic heterocycles. The Balaban J connectivity index is 0.00000289. The molecule has 32 heavy (non-hydrogen) atoms. The van der Waals surface area contributed by atoms with Crippen molar-refractivity contribution in [1.82, 2.24) is 15.5 Å². The average Bonchev–Trinajstić information content (AvgIpc) is 3.51. The monoisotopic (exact) mass is 548 g/mol. The third kappa shape index (κ3) is 6.68. The summed E-state index contributed by atoms with van der Waals surface area (Å²) in [6.07, 6.45) is 3.81. The van der Waals surface area contributed by atoms with E-state index in [1.54, 1.807) is 0 Å². The number of aliphatic imine (C=N–C) groups is 1. The van der Waals surface area contributed by atoms with Crippen molar-refractivity contribution in [3.05, 3.63) is 71.8 Å². The second-order valence-electron chi connectivity index (χ2n) is 8.52. The summed E-state index contributed by atoms with van der Waals surface area (Å²) in [6.45, 7) is 7.76. The molecule has 2 N–H and O–H groups in total. The van der Waals surface area contributed by atoms with Crippen LogP contribution in [0.1, 0.15) is 49.5 Å². The Morgan fingerprint density at radius 2 is 1.72 bits per heavy atom. The van der Waals surface area contributed by atoms with E-state index in [0.717, 1.165) is 51.7 Å². The Labute approximate surface area is 210 Å². The summed E-state index contributed by atoms with van der Waals surface area (Å²) in [5, 5.41) is 7.04. The van der Waals surface area contributed by atoms with E-state index in [1.807, 2.05) is 0 Å². The van der Waals surface area contributed by atoms with Crippen molar-refractivity contribution in [2.45, 2.75) is 38.3 Å². The van der Waals surface area contributed by atoms with Crippen molar-refractivity contribution in [3.63, 3.8) is 0 Å². The molecule has 0 bridgehead atoms. The molecule has 0 spiro atoms. The number of nitrogens with one attached hydrogen (secondary N) is 2. The van der Waals surface area contributed by atoms with Gasteiger partial charge in [0.15, 0.2) is 5.96 Å². The zero-order valence-corrected chi connectivity index (χ0v) is 21.4. The first-order valence-electron chi connectivity index (χ1n) is 11.8. The van der Waals surface area contributed by atoms with Gasteiger partial charge < -0.3 is 15.4 Å². The second kappa shape index (κ2) is 13.2. The molecular weight excluding hydrogens is 511 g/mol. The summed E-state index contributed by atoms with van der Waals surface area (Å²) in [4.78, 5) is 7.59. The fourth-order valence-corrected chi connectivity index (χ4v) is 4.76. The van der Waals surface area contributed by atoms with Crippen LogP contribution < -0.4 is 10.6 Å². The molecule has 174 valence electrons. The normalized spacial score (nSPS) is 22.3. The standard InChI is InChI=1S/C26H36N4O.HI/c1-2-27-26(28-19-23-15-18-31-25(23)22-13-7-4-8-14-22)29-20-24(30-16-9-10-17-30)21-11-5-3-6-12-21;/h3-8,11-14,23-25H,2,9-10,15-20H2,1H3,(H2,27,28,29);1H. The molecule has 2 heterocycles. The molecule has 0 radical (unpaired) electrons. The smallest absolute Gasteiger partial charge is 0.191 e. The Bertz CT molecular complexity index is 811. The third-order valence-electron chi connectivity index (χ3n) is 6.41. The first-order chi connectivity index (χ1) is 15.3. The van der Waals surface area contributed by atoms with Crippen molar-refractivity contribution < 1.29 is 4.74 Å². The fraction of sp³-hybridized carbons (Fsp3) is 0.500. The van der Waals surface area contributed by atoms with Gasteiger partial charge in [0.25, 0.3) is 0 Å². The lowest BCUT2D eigenvalue weighted by Gasteiger charge is -2.27. The Morgan fingerprint density at radius 1 is 1.03 bits per heavy atom. The maximum absolute atomic E-state index is 6.06. The molecule has 3 unspecified atom stereocenters. The number of hydrogen-bond acceptors (Lipinski definition) is 3. The van der Waals surface area contributed by atoms with Crippen LogP contribution in [0.2, 0.25) is 0 Å². The second-order valence-corrected chi connectivity index (χ2v) is 8.52. The highest BCUT2D eigenvalue weighted by molar-refractivity contribution is 14.0. The van der Waals surface area contributed by atoms with Crippen LogP contribution in [0.5, 0.6) is 0 Å². The van der Waals surface area contributed by atoms with E-state index >= 15 is 0 Å². The van der Waals surface area contributed by atoms with Gasteiger partial charge in [0, 0.05) is 25.6 Å². The molecule has 0 aliphatic carbocycles. The molecule has 2 fully saturated rings. The molecule has 0 saturated carbocycles.